The van der Waals surface area contributed by atoms with Gasteiger partial charge in [0.1, 0.15) is 29.4 Å². The molecule has 1 unspecified atom stereocenters. The maximum absolute atomic E-state index is 14.4. The molecule has 20 heteroatoms. The maximum atomic E-state index is 14.4. The summed E-state index contributed by atoms with van der Waals surface area (Å²) in [6.07, 6.45) is 1.85. The van der Waals surface area contributed by atoms with E-state index in [-0.39, 0.29) is 56.1 Å². The second-order valence-electron chi connectivity index (χ2n) is 19.8. The van der Waals surface area contributed by atoms with Crippen molar-refractivity contribution in [2.75, 3.05) is 53.0 Å². The molecule has 1 saturated heterocycles. The van der Waals surface area contributed by atoms with Crippen LogP contribution in [0.4, 0.5) is 17.1 Å². The third-order valence-corrected chi connectivity index (χ3v) is 17.1. The summed E-state index contributed by atoms with van der Waals surface area (Å²) in [6, 6.07) is 42.7. The average molecular weight is 1120 g/mol. The Morgan fingerprint density at radius 2 is 1.34 bits per heavy atom. The van der Waals surface area contributed by atoms with Crippen LogP contribution in [-0.4, -0.2) is 94.6 Å². The van der Waals surface area contributed by atoms with Crippen LogP contribution < -0.4 is 30.3 Å². The molecular weight excluding hydrogens is 1040 g/mol. The van der Waals surface area contributed by atoms with Gasteiger partial charge < -0.3 is 32.9 Å². The number of hydrogen-bond donors (Lipinski definition) is 1. The van der Waals surface area contributed by atoms with Crippen LogP contribution in [0.5, 0.6) is 11.5 Å². The van der Waals surface area contributed by atoms with Crippen molar-refractivity contribution in [2.45, 2.75) is 114 Å². The highest BCUT2D eigenvalue weighted by atomic mass is 32.2. The Bertz CT molecular complexity index is 3120. The van der Waals surface area contributed by atoms with E-state index in [2.05, 4.69) is 53.4 Å². The summed E-state index contributed by atoms with van der Waals surface area (Å²) in [5.74, 6) is 1.35. The van der Waals surface area contributed by atoms with Gasteiger partial charge in [-0.1, -0.05) is 67.4 Å². The normalized spacial score (nSPS) is 16.2. The van der Waals surface area contributed by atoms with E-state index >= 15 is 0 Å². The number of anilines is 1. The van der Waals surface area contributed by atoms with Gasteiger partial charge in [0.15, 0.2) is 0 Å². The zero-order valence-electron chi connectivity index (χ0n) is 46.3. The lowest BCUT2D eigenvalue weighted by molar-refractivity contribution is -0.0927. The van der Waals surface area contributed by atoms with Gasteiger partial charge in [-0.05, 0) is 130 Å². The molecule has 1 N–H and O–H groups in total. The topological polar surface area (TPSA) is 201 Å². The first-order valence-corrected chi connectivity index (χ1v) is 29.2. The molecule has 1 aliphatic heterocycles. The fourth-order valence-electron chi connectivity index (χ4n) is 9.44. The summed E-state index contributed by atoms with van der Waals surface area (Å²) in [6.45, 7) is 8.74. The second-order valence-corrected chi connectivity index (χ2v) is 23.0. The lowest BCUT2D eigenvalue weighted by atomic mass is 9.80. The quantitative estimate of drug-likeness (QED) is 0.0201. The van der Waals surface area contributed by atoms with Crippen molar-refractivity contribution >= 4 is 35.6 Å². The summed E-state index contributed by atoms with van der Waals surface area (Å²) < 4.78 is 72.5. The highest BCUT2D eigenvalue weighted by Gasteiger charge is 2.45. The molecule has 0 aliphatic carbocycles. The van der Waals surface area contributed by atoms with Crippen LogP contribution in [0.2, 0.25) is 0 Å². The van der Waals surface area contributed by atoms with Gasteiger partial charge in [-0.2, -0.15) is 15.5 Å². The third-order valence-electron chi connectivity index (χ3n) is 13.5. The van der Waals surface area contributed by atoms with Crippen LogP contribution in [0, 0.1) is 11.3 Å². The second kappa shape index (κ2) is 28.5. The number of azo groups is 1. The molecule has 0 saturated carbocycles. The van der Waals surface area contributed by atoms with E-state index in [4.69, 9.17) is 28.0 Å². The number of nitriles is 1. The van der Waals surface area contributed by atoms with Gasteiger partial charge in [-0.25, -0.2) is 22.6 Å². The number of methoxy groups -OCH3 is 2. The maximum Gasteiger partial charge on any atom is 0.333 e. The standard InChI is InChI=1S/C59H73N8O10PS/c1-43(2)67(44(3)4)78(75-40-16-36-60)77-54-41-57(76-55(54)42-74-59(45-17-12-11-13-18-45,46-19-29-51(72-7)30-20-46)47-21-31-52(73-8)32-22-47)66-39-35-56(68)65(58(66)69)38-15-10-9-14-37-61-79(70,71)53-33-25-49(26-34-53)63-62-48-23-27-50(28-24-48)64(5)6/h11-13,17-35,39,43-44,54-55,57,61H,9-10,14-16,37-38,40-42H2,1-8H3/t54-,55+,57+,78?/m0/s1. The summed E-state index contributed by atoms with van der Waals surface area (Å²) in [4.78, 5) is 29.9. The fourth-order valence-corrected chi connectivity index (χ4v) is 12.3. The zero-order chi connectivity index (χ0) is 56.5. The molecule has 0 radical (unpaired) electrons. The molecule has 1 fully saturated rings. The Labute approximate surface area is 465 Å². The predicted molar refractivity (Wildman–Crippen MR) is 307 cm³/mol. The number of benzene rings is 5. The summed E-state index contributed by atoms with van der Waals surface area (Å²) >= 11 is 0. The molecule has 18 nitrogen and oxygen atoms in total. The van der Waals surface area contributed by atoms with Crippen LogP contribution in [-0.2, 0) is 40.7 Å². The number of aromatic nitrogens is 2. The predicted octanol–water partition coefficient (Wildman–Crippen LogP) is 11.0. The highest BCUT2D eigenvalue weighted by molar-refractivity contribution is 7.89. The van der Waals surface area contributed by atoms with Gasteiger partial charge in [0.25, 0.3) is 14.1 Å². The summed E-state index contributed by atoms with van der Waals surface area (Å²) in [7, 11) is 1.62. The van der Waals surface area contributed by atoms with E-state index < -0.39 is 53.8 Å². The van der Waals surface area contributed by atoms with Crippen LogP contribution in [0.25, 0.3) is 0 Å². The molecule has 1 aliphatic rings. The number of rotatable bonds is 29. The Balaban J connectivity index is 1.07. The first kappa shape index (κ1) is 60.1. The Hall–Kier alpha value is -6.59. The molecule has 79 heavy (non-hydrogen) atoms. The highest BCUT2D eigenvalue weighted by Crippen LogP contribution is 2.51. The first-order chi connectivity index (χ1) is 38.1. The summed E-state index contributed by atoms with van der Waals surface area (Å²) in [5, 5.41) is 18.0. The van der Waals surface area contributed by atoms with Gasteiger partial charge in [0.05, 0.1) is 62.3 Å². The van der Waals surface area contributed by atoms with E-state index in [1.54, 1.807) is 26.4 Å². The molecule has 0 bridgehead atoms. The van der Waals surface area contributed by atoms with E-state index in [1.807, 2.05) is 122 Å². The van der Waals surface area contributed by atoms with Crippen molar-refractivity contribution in [2.24, 2.45) is 10.2 Å². The average Bonchev–Trinajstić information content (AvgIpc) is 3.98. The third kappa shape index (κ3) is 15.4. The number of ether oxygens (including phenoxy) is 4. The molecule has 420 valence electrons. The van der Waals surface area contributed by atoms with Crippen molar-refractivity contribution in [3.8, 4) is 17.6 Å². The van der Waals surface area contributed by atoms with E-state index in [1.165, 1.54) is 33.5 Å². The number of sulfonamides is 1. The first-order valence-electron chi connectivity index (χ1n) is 26.6. The van der Waals surface area contributed by atoms with Gasteiger partial charge in [-0.3, -0.25) is 13.9 Å². The van der Waals surface area contributed by atoms with Crippen molar-refractivity contribution in [1.29, 1.82) is 5.26 Å². The fraction of sp³-hybridized carbons (Fsp3) is 0.407. The minimum Gasteiger partial charge on any atom is -0.497 e. The zero-order valence-corrected chi connectivity index (χ0v) is 48.0. The lowest BCUT2D eigenvalue weighted by Crippen LogP contribution is -2.41. The Kier molecular flexibility index (Phi) is 21.7. The molecule has 7 rings (SSSR count). The molecule has 0 amide bonds. The van der Waals surface area contributed by atoms with Gasteiger partial charge in [-0.15, -0.1) is 0 Å². The van der Waals surface area contributed by atoms with Crippen LogP contribution in [0.1, 0.15) is 89.1 Å². The van der Waals surface area contributed by atoms with E-state index in [0.29, 0.717) is 48.6 Å². The van der Waals surface area contributed by atoms with Crippen LogP contribution in [0.3, 0.4) is 0 Å². The minimum absolute atomic E-state index is 0.0123. The molecule has 5 aromatic carbocycles. The minimum atomic E-state index is -3.78. The number of nitrogens with zero attached hydrogens (tertiary/aromatic N) is 7. The largest absolute Gasteiger partial charge is 0.497 e. The number of unbranched alkanes of at least 4 members (excludes halogenated alkanes) is 3. The molecule has 4 atom stereocenters. The smallest absolute Gasteiger partial charge is 0.333 e. The van der Waals surface area contributed by atoms with Gasteiger partial charge in [0.2, 0.25) is 10.0 Å². The summed E-state index contributed by atoms with van der Waals surface area (Å²) in [5.41, 5.74) is 2.54. The SMILES string of the molecule is COc1ccc(C(OC[C@H]2O[C@@H](n3ccc(=O)n(CCCCCCNS(=O)(=O)c4ccc(N=Nc5ccc(N(C)C)cc5)cc4)c3=O)C[C@@H]2OP(OCCC#N)N(C(C)C)C(C)C)(c2ccccc2)c2ccc(OC)cc2)cc1. The van der Waals surface area contributed by atoms with Gasteiger partial charge in [0, 0.05) is 63.6 Å². The van der Waals surface area contributed by atoms with Crippen molar-refractivity contribution in [3.05, 3.63) is 177 Å². The van der Waals surface area contributed by atoms with Crippen LogP contribution in [0.15, 0.2) is 164 Å². The van der Waals surface area contributed by atoms with E-state index in [9.17, 15) is 23.3 Å². The molecule has 0 spiro atoms. The number of hydrogen-bond acceptors (Lipinski definition) is 15. The Morgan fingerprint density at radius 1 is 0.772 bits per heavy atom. The van der Waals surface area contributed by atoms with Gasteiger partial charge >= 0.3 is 5.69 Å². The molecule has 6 aromatic rings. The molecule has 1 aromatic heterocycles. The Morgan fingerprint density at radius 3 is 1.90 bits per heavy atom. The van der Waals surface area contributed by atoms with Crippen molar-refractivity contribution < 1.29 is 36.4 Å². The van der Waals surface area contributed by atoms with Crippen molar-refractivity contribution in [3.63, 3.8) is 0 Å². The monoisotopic (exact) mass is 1120 g/mol. The molecule has 2 heterocycles. The number of nitrogens with one attached hydrogen (secondary N) is 1. The lowest BCUT2D eigenvalue weighted by Gasteiger charge is -2.39. The molecular formula is C59H73N8O10PS. The van der Waals surface area contributed by atoms with Crippen LogP contribution >= 0.6 is 8.53 Å². The van der Waals surface area contributed by atoms with Crippen molar-refractivity contribution in [1.82, 2.24) is 18.5 Å². The van der Waals surface area contributed by atoms with E-state index in [0.717, 1.165) is 22.4 Å².